The Morgan fingerprint density at radius 3 is 2.16 bits per heavy atom. The Morgan fingerprint density at radius 1 is 0.919 bits per heavy atom. The zero-order valence-corrected chi connectivity index (χ0v) is 20.2. The molecule has 2 heterocycles. The average molecular weight is 507 g/mol. The minimum absolute atomic E-state index is 0.112. The Kier molecular flexibility index (Phi) is 11.3. The number of hydrogen-bond acceptors (Lipinski definition) is 6. The lowest BCUT2D eigenvalue weighted by Crippen LogP contribution is -2.32. The van der Waals surface area contributed by atoms with E-state index in [2.05, 4.69) is 15.3 Å². The van der Waals surface area contributed by atoms with Gasteiger partial charge in [0.1, 0.15) is 17.9 Å². The molecule has 10 nitrogen and oxygen atoms in total. The molecule has 0 fully saturated rings. The van der Waals surface area contributed by atoms with Crippen LogP contribution >= 0.6 is 0 Å². The number of carboxylic acids is 3. The molecule has 0 amide bonds. The van der Waals surface area contributed by atoms with Gasteiger partial charge in [0.2, 0.25) is 0 Å². The molecular formula is C27H30N4O6. The van der Waals surface area contributed by atoms with Gasteiger partial charge in [-0.15, -0.1) is 0 Å². The first-order valence-electron chi connectivity index (χ1n) is 11.4. The zero-order chi connectivity index (χ0) is 27.2. The van der Waals surface area contributed by atoms with Crippen molar-refractivity contribution in [2.24, 2.45) is 5.73 Å². The molecule has 2 aromatic heterocycles. The molecule has 4 rings (SSSR count). The number of nitrogens with one attached hydrogen (secondary N) is 2. The molecule has 37 heavy (non-hydrogen) atoms. The van der Waals surface area contributed by atoms with Crippen LogP contribution in [0, 0.1) is 0 Å². The van der Waals surface area contributed by atoms with Crippen LogP contribution in [0.5, 0.6) is 0 Å². The van der Waals surface area contributed by atoms with Crippen molar-refractivity contribution < 1.29 is 29.7 Å². The number of rotatable bonds is 8. The lowest BCUT2D eigenvalue weighted by atomic mass is 10.1. The first kappa shape index (κ1) is 28.5. The van der Waals surface area contributed by atoms with E-state index in [0.717, 1.165) is 22.0 Å². The van der Waals surface area contributed by atoms with Crippen molar-refractivity contribution in [1.82, 2.24) is 9.97 Å². The molecule has 0 aliphatic heterocycles. The normalized spacial score (nSPS) is 11.6. The fourth-order valence-corrected chi connectivity index (χ4v) is 3.13. The molecule has 0 saturated carbocycles. The molecule has 4 aromatic rings. The fourth-order valence-electron chi connectivity index (χ4n) is 3.13. The number of para-hydroxylation sites is 1. The second-order valence-corrected chi connectivity index (χ2v) is 7.98. The average Bonchev–Trinajstić information content (AvgIpc) is 3.28. The van der Waals surface area contributed by atoms with Crippen LogP contribution in [-0.4, -0.2) is 55.3 Å². The summed E-state index contributed by atoms with van der Waals surface area (Å²) in [5.74, 6) is -2.07. The van der Waals surface area contributed by atoms with E-state index in [0.29, 0.717) is 12.2 Å². The van der Waals surface area contributed by atoms with Gasteiger partial charge in [-0.1, -0.05) is 54.6 Å². The standard InChI is InChI=1S/C11H12N2O2.C8H10N2O2.C8H8O2/c12-9(11(14)15)5-7-6-13-10-4-2-1-3-8(7)10;1-6(8(11)12)10-7-4-2-3-5-9-7;9-8(10)6-7-4-2-1-3-5-7/h1-4,6,9,13H,5,12H2,(H,14,15);2-6H,1H3,(H,9,10)(H,11,12);1-5H,6H2,(H,9,10). The third kappa shape index (κ3) is 10.2. The van der Waals surface area contributed by atoms with Gasteiger partial charge in [-0.2, -0.15) is 0 Å². The number of nitrogens with zero attached hydrogens (tertiary/aromatic N) is 1. The fraction of sp³-hybridized carbons (Fsp3) is 0.185. The Labute approximate surface area is 213 Å². The van der Waals surface area contributed by atoms with Crippen molar-refractivity contribution in [2.45, 2.75) is 31.8 Å². The number of benzene rings is 2. The van der Waals surface area contributed by atoms with Crippen LogP contribution < -0.4 is 11.1 Å². The molecule has 0 saturated heterocycles. The lowest BCUT2D eigenvalue weighted by molar-refractivity contribution is -0.139. The highest BCUT2D eigenvalue weighted by molar-refractivity contribution is 5.84. The number of carbonyl (C=O) groups is 3. The first-order chi connectivity index (χ1) is 17.7. The number of pyridine rings is 1. The second-order valence-electron chi connectivity index (χ2n) is 7.98. The summed E-state index contributed by atoms with van der Waals surface area (Å²) in [5.41, 5.74) is 8.28. The van der Waals surface area contributed by atoms with Crippen LogP contribution in [0.3, 0.4) is 0 Å². The number of aromatic nitrogens is 2. The Morgan fingerprint density at radius 2 is 1.57 bits per heavy atom. The van der Waals surface area contributed by atoms with Crippen molar-refractivity contribution in [3.8, 4) is 0 Å². The Hall–Kier alpha value is -4.70. The van der Waals surface area contributed by atoms with Gasteiger partial charge < -0.3 is 31.4 Å². The highest BCUT2D eigenvalue weighted by Crippen LogP contribution is 2.18. The zero-order valence-electron chi connectivity index (χ0n) is 20.2. The molecule has 0 aliphatic carbocycles. The molecule has 2 atom stereocenters. The molecule has 194 valence electrons. The number of H-pyrrole nitrogens is 1. The highest BCUT2D eigenvalue weighted by atomic mass is 16.4. The number of anilines is 1. The van der Waals surface area contributed by atoms with Gasteiger partial charge in [0.15, 0.2) is 0 Å². The van der Waals surface area contributed by atoms with E-state index in [9.17, 15) is 14.4 Å². The van der Waals surface area contributed by atoms with Crippen molar-refractivity contribution in [1.29, 1.82) is 0 Å². The van der Waals surface area contributed by atoms with Crippen molar-refractivity contribution in [2.75, 3.05) is 5.32 Å². The summed E-state index contributed by atoms with van der Waals surface area (Å²) in [6.07, 6.45) is 3.88. The van der Waals surface area contributed by atoms with E-state index in [1.54, 1.807) is 43.5 Å². The summed E-state index contributed by atoms with van der Waals surface area (Å²) in [4.78, 5) is 38.2. The smallest absolute Gasteiger partial charge is 0.325 e. The quantitative estimate of drug-likeness (QED) is 0.209. The monoisotopic (exact) mass is 506 g/mol. The Bertz CT molecular complexity index is 1280. The van der Waals surface area contributed by atoms with Gasteiger partial charge in [-0.05, 0) is 36.2 Å². The van der Waals surface area contributed by atoms with Crippen LogP contribution in [0.25, 0.3) is 10.9 Å². The van der Waals surface area contributed by atoms with Crippen molar-refractivity contribution >= 4 is 34.6 Å². The first-order valence-corrected chi connectivity index (χ1v) is 11.4. The summed E-state index contributed by atoms with van der Waals surface area (Å²) in [5, 5.41) is 29.4. The predicted molar refractivity (Wildman–Crippen MR) is 140 cm³/mol. The van der Waals surface area contributed by atoms with Gasteiger partial charge in [-0.3, -0.25) is 14.4 Å². The molecule has 0 spiro atoms. The van der Waals surface area contributed by atoms with E-state index < -0.39 is 30.0 Å². The largest absolute Gasteiger partial charge is 0.481 e. The lowest BCUT2D eigenvalue weighted by Gasteiger charge is -2.08. The summed E-state index contributed by atoms with van der Waals surface area (Å²) in [6, 6.07) is 20.7. The summed E-state index contributed by atoms with van der Waals surface area (Å²) >= 11 is 0. The predicted octanol–water partition coefficient (Wildman–Crippen LogP) is 3.40. The molecule has 0 radical (unpaired) electrons. The molecule has 0 aliphatic rings. The number of aromatic amines is 1. The number of nitrogens with two attached hydrogens (primary N) is 1. The Balaban J connectivity index is 0.000000200. The van der Waals surface area contributed by atoms with Crippen molar-refractivity contribution in [3.05, 3.63) is 96.3 Å². The minimum Gasteiger partial charge on any atom is -0.481 e. The van der Waals surface area contributed by atoms with E-state index >= 15 is 0 Å². The second kappa shape index (κ2) is 14.6. The van der Waals surface area contributed by atoms with Crippen LogP contribution in [0.1, 0.15) is 18.1 Å². The van der Waals surface area contributed by atoms with E-state index in [1.165, 1.54) is 0 Å². The van der Waals surface area contributed by atoms with Crippen LogP contribution in [-0.2, 0) is 27.2 Å². The minimum atomic E-state index is -0.972. The van der Waals surface area contributed by atoms with E-state index in [1.807, 2.05) is 48.7 Å². The third-order valence-corrected chi connectivity index (χ3v) is 5.03. The van der Waals surface area contributed by atoms with Gasteiger partial charge in [0.25, 0.3) is 0 Å². The van der Waals surface area contributed by atoms with Gasteiger partial charge >= 0.3 is 17.9 Å². The van der Waals surface area contributed by atoms with Crippen LogP contribution in [0.4, 0.5) is 5.82 Å². The van der Waals surface area contributed by atoms with Gasteiger partial charge in [-0.25, -0.2) is 4.98 Å². The van der Waals surface area contributed by atoms with Gasteiger partial charge in [0.05, 0.1) is 6.42 Å². The van der Waals surface area contributed by atoms with E-state index in [-0.39, 0.29) is 6.42 Å². The molecule has 10 heteroatoms. The maximum absolute atomic E-state index is 10.6. The number of aliphatic carboxylic acids is 3. The van der Waals surface area contributed by atoms with Crippen LogP contribution in [0.2, 0.25) is 0 Å². The summed E-state index contributed by atoms with van der Waals surface area (Å²) < 4.78 is 0. The van der Waals surface area contributed by atoms with Gasteiger partial charge in [0, 0.05) is 29.7 Å². The topological polar surface area (TPSA) is 179 Å². The number of carboxylic acid groups (broad SMARTS) is 3. The van der Waals surface area contributed by atoms with E-state index in [4.69, 9.17) is 21.1 Å². The number of fused-ring (bicyclic) bond motifs is 1. The molecule has 0 bridgehead atoms. The SMILES string of the molecule is CC(Nc1ccccn1)C(=O)O.NC(Cc1c[nH]c2ccccc12)C(=O)O.O=C(O)Cc1ccccc1. The molecular weight excluding hydrogens is 476 g/mol. The highest BCUT2D eigenvalue weighted by Gasteiger charge is 2.14. The molecule has 2 unspecified atom stereocenters. The third-order valence-electron chi connectivity index (χ3n) is 5.03. The summed E-state index contributed by atoms with van der Waals surface area (Å²) in [6.45, 7) is 1.57. The van der Waals surface area contributed by atoms with Crippen molar-refractivity contribution in [3.63, 3.8) is 0 Å². The molecule has 7 N–H and O–H groups in total. The maximum Gasteiger partial charge on any atom is 0.325 e. The molecule has 2 aromatic carbocycles. The maximum atomic E-state index is 10.6. The number of hydrogen-bond donors (Lipinski definition) is 6. The summed E-state index contributed by atoms with van der Waals surface area (Å²) in [7, 11) is 0. The van der Waals surface area contributed by atoms with Crippen LogP contribution in [0.15, 0.2) is 85.2 Å².